The van der Waals surface area contributed by atoms with Crippen molar-refractivity contribution in [3.63, 3.8) is 0 Å². The molecule has 0 bridgehead atoms. The molecule has 6 heteroatoms. The predicted octanol–water partition coefficient (Wildman–Crippen LogP) is 5.53. The van der Waals surface area contributed by atoms with Gasteiger partial charge in [0.1, 0.15) is 5.57 Å². The predicted molar refractivity (Wildman–Crippen MR) is 140 cm³/mol. The molecule has 0 spiro atoms. The maximum atomic E-state index is 12.5. The Morgan fingerprint density at radius 3 is 1.44 bits per heavy atom. The zero-order chi connectivity index (χ0) is 24.6. The molecule has 0 unspecified atom stereocenters. The van der Waals surface area contributed by atoms with Crippen LogP contribution >= 0.6 is 11.8 Å². The van der Waals surface area contributed by atoms with Crippen LogP contribution in [0.5, 0.6) is 0 Å². The molecule has 20 radical (unpaired) electrons. The van der Waals surface area contributed by atoms with Gasteiger partial charge in [-0.15, -0.1) is 11.8 Å². The van der Waals surface area contributed by atoms with Crippen molar-refractivity contribution < 1.29 is 48.5 Å². The number of carbonyl (C=O) groups excluding carboxylic acids is 2. The summed E-state index contributed by atoms with van der Waals surface area (Å²) in [5.74, 6) is 0.904. The minimum Gasteiger partial charge on any atom is -0.462 e. The van der Waals surface area contributed by atoms with Gasteiger partial charge in [-0.25, -0.2) is 4.79 Å². The Morgan fingerprint density at radius 2 is 1.11 bits per heavy atom. The number of thioether (sulfide) groups is 1. The molecule has 4 saturated carbocycles. The third kappa shape index (κ3) is 12.7. The van der Waals surface area contributed by atoms with Crippen LogP contribution < -0.4 is 0 Å². The van der Waals surface area contributed by atoms with Gasteiger partial charge in [0.05, 0.1) is 6.61 Å². The monoisotopic (exact) mass is 582 g/mol. The molecule has 0 aromatic carbocycles. The van der Waals surface area contributed by atoms with Gasteiger partial charge < -0.3 is 4.74 Å². The molecule has 0 saturated heterocycles. The molecule has 0 heterocycles. The van der Waals surface area contributed by atoms with Crippen LogP contribution in [0.3, 0.4) is 0 Å². The summed E-state index contributed by atoms with van der Waals surface area (Å²) >= 11 is 1.53. The van der Waals surface area contributed by atoms with Crippen LogP contribution in [-0.4, -0.2) is 24.6 Å². The van der Waals surface area contributed by atoms with Crippen molar-refractivity contribution >= 4 is 23.5 Å². The van der Waals surface area contributed by atoms with Gasteiger partial charge >= 0.3 is 40.1 Å². The molecule has 0 N–H and O–H groups in total. The number of rotatable bonds is 7. The van der Waals surface area contributed by atoms with E-state index in [9.17, 15) is 9.59 Å². The Hall–Kier alpha value is 0.00896. The average Bonchev–Trinajstić information content (AvgIpc) is 3.65. The van der Waals surface area contributed by atoms with E-state index in [0.717, 1.165) is 17.4 Å². The number of ketones is 1. The molecule has 0 atom stereocenters. The maximum Gasteiger partial charge on any atom is 2.00 e. The largest absolute Gasteiger partial charge is 2.00 e. The zero-order valence-corrected chi connectivity index (χ0v) is 23.5. The molecule has 0 aromatic rings. The van der Waals surface area contributed by atoms with Gasteiger partial charge in [-0.2, -0.15) is 0 Å². The van der Waals surface area contributed by atoms with E-state index in [1.165, 1.54) is 18.7 Å². The minimum absolute atomic E-state index is 0. The van der Waals surface area contributed by atoms with Crippen LogP contribution in [0, 0.1) is 127 Å². The zero-order valence-electron chi connectivity index (χ0n) is 20.5. The van der Waals surface area contributed by atoms with Gasteiger partial charge in [0.15, 0.2) is 5.78 Å². The molecule has 4 fully saturated rings. The SMILES string of the molecule is CCOC(=O)/C(C(C)=O)=C([C]1[CH][CH][CH][CH]1)\C(=C\SC)[C]1[CH][CH][CH][CH]1.[CH]1[CH][CH][CH][CH]1.[CH]1[CH][CH][CH][CH]1.[Fe+2].[Fe+2]. The fourth-order valence-electron chi connectivity index (χ4n) is 3.18. The van der Waals surface area contributed by atoms with E-state index in [1.54, 1.807) is 6.92 Å². The summed E-state index contributed by atoms with van der Waals surface area (Å²) in [4.78, 5) is 24.7. The van der Waals surface area contributed by atoms with Crippen LogP contribution in [-0.2, 0) is 48.5 Å². The third-order valence-electron chi connectivity index (χ3n) is 4.62. The Balaban J connectivity index is 0.000000842. The van der Waals surface area contributed by atoms with Crippen molar-refractivity contribution in [3.8, 4) is 0 Å². The molecule has 4 rings (SSSR count). The first kappa shape index (κ1) is 36.0. The van der Waals surface area contributed by atoms with Crippen molar-refractivity contribution in [3.05, 3.63) is 150 Å². The normalized spacial score (nSPS) is 20.7. The summed E-state index contributed by atoms with van der Waals surface area (Å²) < 4.78 is 5.14. The Kier molecular flexibility index (Phi) is 21.9. The Morgan fingerprint density at radius 1 is 0.722 bits per heavy atom. The Labute approximate surface area is 247 Å². The molecule has 0 aromatic heterocycles. The van der Waals surface area contributed by atoms with E-state index >= 15 is 0 Å². The van der Waals surface area contributed by atoms with Crippen molar-refractivity contribution in [1.82, 2.24) is 0 Å². The second-order valence-electron chi connectivity index (χ2n) is 7.07. The van der Waals surface area contributed by atoms with Crippen molar-refractivity contribution in [1.29, 1.82) is 0 Å². The summed E-state index contributed by atoms with van der Waals surface area (Å²) in [7, 11) is 0. The quantitative estimate of drug-likeness (QED) is 0.0990. The second-order valence-corrected chi connectivity index (χ2v) is 7.77. The van der Waals surface area contributed by atoms with Gasteiger partial charge in [0, 0.05) is 11.8 Å². The number of hydrogen-bond donors (Lipinski definition) is 0. The summed E-state index contributed by atoms with van der Waals surface area (Å²) in [6.45, 7) is 3.35. The topological polar surface area (TPSA) is 43.4 Å². The molecule has 0 amide bonds. The maximum absolute atomic E-state index is 12.5. The summed E-state index contributed by atoms with van der Waals surface area (Å²) in [5.41, 5.74) is 1.55. The first-order valence-electron chi connectivity index (χ1n) is 11.0. The number of ether oxygens (including phenoxy) is 1. The number of carbonyl (C=O) groups is 2. The molecule has 4 aliphatic rings. The number of esters is 1. The third-order valence-corrected chi connectivity index (χ3v) is 5.09. The van der Waals surface area contributed by atoms with E-state index in [-0.39, 0.29) is 52.1 Å². The van der Waals surface area contributed by atoms with Crippen LogP contribution in [0.2, 0.25) is 0 Å². The Bertz CT molecular complexity index is 644. The van der Waals surface area contributed by atoms with Crippen LogP contribution in [0.25, 0.3) is 0 Å². The van der Waals surface area contributed by atoms with Crippen molar-refractivity contribution in [2.24, 2.45) is 0 Å². The summed E-state index contributed by atoms with van der Waals surface area (Å²) in [6, 6.07) is 0. The minimum atomic E-state index is -0.584. The van der Waals surface area contributed by atoms with Gasteiger partial charge in [-0.05, 0) is 152 Å². The molecule has 3 nitrogen and oxygen atoms in total. The van der Waals surface area contributed by atoms with Gasteiger partial charge in [0.25, 0.3) is 0 Å². The van der Waals surface area contributed by atoms with Gasteiger partial charge in [0.2, 0.25) is 0 Å². The van der Waals surface area contributed by atoms with Crippen LogP contribution in [0.4, 0.5) is 0 Å². The van der Waals surface area contributed by atoms with Crippen LogP contribution in [0.1, 0.15) is 13.8 Å². The molecule has 0 aliphatic heterocycles. The van der Waals surface area contributed by atoms with E-state index < -0.39 is 5.97 Å². The molecule has 4 aliphatic carbocycles. The van der Waals surface area contributed by atoms with E-state index in [1.807, 2.05) is 127 Å². The van der Waals surface area contributed by atoms with Gasteiger partial charge in [-0.1, -0.05) is 0 Å². The molecule has 186 valence electrons. The van der Waals surface area contributed by atoms with Crippen LogP contribution in [0.15, 0.2) is 22.1 Å². The molecular formula is C30H30Fe2O3S+4. The first-order chi connectivity index (χ1) is 16.6. The van der Waals surface area contributed by atoms with E-state index in [4.69, 9.17) is 4.74 Å². The van der Waals surface area contributed by atoms with Crippen molar-refractivity contribution in [2.45, 2.75) is 13.8 Å². The van der Waals surface area contributed by atoms with Crippen molar-refractivity contribution in [2.75, 3.05) is 12.9 Å². The fourth-order valence-corrected chi connectivity index (χ4v) is 3.67. The molecule has 36 heavy (non-hydrogen) atoms. The van der Waals surface area contributed by atoms with E-state index in [2.05, 4.69) is 0 Å². The summed E-state index contributed by atoms with van der Waals surface area (Å²) in [6.07, 6.45) is 37.3. The summed E-state index contributed by atoms with van der Waals surface area (Å²) in [5, 5.41) is 1.96. The first-order valence-corrected chi connectivity index (χ1v) is 12.3. The smallest absolute Gasteiger partial charge is 0.462 e. The average molecular weight is 582 g/mol. The second kappa shape index (κ2) is 21.9. The van der Waals surface area contributed by atoms with E-state index in [0.29, 0.717) is 5.57 Å². The molecular weight excluding hydrogens is 552 g/mol. The standard InChI is InChI=1S/C20H20O3S.2C5H5.2Fe/c1-4-23-20(22)18(14(2)21)19(16-11-7-8-12-16)17(13-24-3)15-9-5-6-10-15;2*1-2-4-5-3-1;;/h5-13H,4H2,1-3H3;2*1-5H;;/q;;;2*+2/b17-13+,19-18-;;;;. The fraction of sp³-hybridized carbons (Fsp3) is 0.133. The van der Waals surface area contributed by atoms with Gasteiger partial charge in [-0.3, -0.25) is 4.79 Å². The number of allylic oxidation sites excluding steroid dienone is 2. The number of Topliss-reactive ketones (excluding diaryl/α,β-unsaturated/α-hetero) is 1. The number of hydrogen-bond acceptors (Lipinski definition) is 4.